The molecule has 0 bridgehead atoms. The lowest BCUT2D eigenvalue weighted by Crippen LogP contribution is -2.12. The first-order chi connectivity index (χ1) is 8.20. The minimum absolute atomic E-state index is 0.209. The molecular formula is C11H11N3O3. The number of anilines is 2. The number of methoxy groups -OCH3 is 1. The highest BCUT2D eigenvalue weighted by Crippen LogP contribution is 2.25. The zero-order chi connectivity index (χ0) is 12.3. The molecule has 0 fully saturated rings. The molecule has 2 rings (SSSR count). The molecule has 17 heavy (non-hydrogen) atoms. The van der Waals surface area contributed by atoms with Crippen LogP contribution in [0.4, 0.5) is 11.4 Å². The van der Waals surface area contributed by atoms with E-state index in [-0.39, 0.29) is 11.6 Å². The highest BCUT2D eigenvalue weighted by atomic mass is 16.5. The maximum absolute atomic E-state index is 11.7. The van der Waals surface area contributed by atoms with Crippen molar-refractivity contribution in [3.63, 3.8) is 0 Å². The molecule has 1 heterocycles. The number of nitrogen functional groups attached to an aromatic ring is 1. The van der Waals surface area contributed by atoms with Gasteiger partial charge in [-0.25, -0.2) is 0 Å². The molecule has 0 aliphatic carbocycles. The summed E-state index contributed by atoms with van der Waals surface area (Å²) in [5, 5.41) is 6.18. The third-order valence-electron chi connectivity index (χ3n) is 2.16. The van der Waals surface area contributed by atoms with Crippen LogP contribution < -0.4 is 15.8 Å². The molecule has 3 N–H and O–H groups in total. The SMILES string of the molecule is COc1cc(NC(=O)c2ccon2)ccc1N. The molecule has 1 amide bonds. The van der Waals surface area contributed by atoms with Gasteiger partial charge in [0.05, 0.1) is 12.8 Å². The number of nitrogens with one attached hydrogen (secondary N) is 1. The van der Waals surface area contributed by atoms with E-state index in [0.717, 1.165) is 0 Å². The van der Waals surface area contributed by atoms with Crippen LogP contribution in [0.1, 0.15) is 10.5 Å². The molecule has 6 nitrogen and oxygen atoms in total. The Balaban J connectivity index is 2.16. The Morgan fingerprint density at radius 1 is 1.47 bits per heavy atom. The summed E-state index contributed by atoms with van der Waals surface area (Å²) in [6, 6.07) is 6.43. The highest BCUT2D eigenvalue weighted by Gasteiger charge is 2.10. The number of carbonyl (C=O) groups is 1. The van der Waals surface area contributed by atoms with E-state index in [9.17, 15) is 4.79 Å². The number of aromatic nitrogens is 1. The van der Waals surface area contributed by atoms with Gasteiger partial charge in [0.25, 0.3) is 5.91 Å². The van der Waals surface area contributed by atoms with Crippen LogP contribution in [-0.2, 0) is 0 Å². The Hall–Kier alpha value is -2.50. The Bertz CT molecular complexity index is 523. The van der Waals surface area contributed by atoms with Crippen molar-refractivity contribution in [3.05, 3.63) is 36.2 Å². The van der Waals surface area contributed by atoms with Crippen LogP contribution in [0.25, 0.3) is 0 Å². The molecule has 0 radical (unpaired) electrons. The van der Waals surface area contributed by atoms with Crippen molar-refractivity contribution in [3.8, 4) is 5.75 Å². The molecule has 1 aromatic heterocycles. The maximum Gasteiger partial charge on any atom is 0.277 e. The van der Waals surface area contributed by atoms with E-state index in [0.29, 0.717) is 17.1 Å². The third-order valence-corrected chi connectivity index (χ3v) is 2.16. The molecule has 0 spiro atoms. The fourth-order valence-corrected chi connectivity index (χ4v) is 1.31. The predicted octanol–water partition coefficient (Wildman–Crippen LogP) is 1.52. The second kappa shape index (κ2) is 4.56. The molecule has 0 aliphatic heterocycles. The van der Waals surface area contributed by atoms with Gasteiger partial charge < -0.3 is 20.3 Å². The number of carbonyl (C=O) groups excluding carboxylic acids is 1. The van der Waals surface area contributed by atoms with Gasteiger partial charge in [-0.3, -0.25) is 4.79 Å². The molecule has 0 unspecified atom stereocenters. The number of nitrogens with two attached hydrogens (primary N) is 1. The Labute approximate surface area is 97.3 Å². The molecule has 6 heteroatoms. The molecule has 0 saturated heterocycles. The predicted molar refractivity (Wildman–Crippen MR) is 61.9 cm³/mol. The minimum atomic E-state index is -0.356. The van der Waals surface area contributed by atoms with E-state index in [1.807, 2.05) is 0 Å². The van der Waals surface area contributed by atoms with Crippen molar-refractivity contribution in [1.82, 2.24) is 5.16 Å². The van der Waals surface area contributed by atoms with Gasteiger partial charge in [-0.15, -0.1) is 0 Å². The quantitative estimate of drug-likeness (QED) is 0.784. The van der Waals surface area contributed by atoms with E-state index >= 15 is 0 Å². The van der Waals surface area contributed by atoms with E-state index in [1.165, 1.54) is 19.4 Å². The topological polar surface area (TPSA) is 90.4 Å². The first kappa shape index (κ1) is 11.0. The fraction of sp³-hybridized carbons (Fsp3) is 0.0909. The number of amides is 1. The summed E-state index contributed by atoms with van der Waals surface area (Å²) in [6.07, 6.45) is 1.33. The molecule has 88 valence electrons. The average molecular weight is 233 g/mol. The summed E-state index contributed by atoms with van der Waals surface area (Å²) < 4.78 is 9.63. The van der Waals surface area contributed by atoms with Gasteiger partial charge in [0.15, 0.2) is 5.69 Å². The van der Waals surface area contributed by atoms with E-state index < -0.39 is 0 Å². The van der Waals surface area contributed by atoms with Crippen molar-refractivity contribution in [2.24, 2.45) is 0 Å². The van der Waals surface area contributed by atoms with Gasteiger partial charge in [0, 0.05) is 17.8 Å². The van der Waals surface area contributed by atoms with Crippen LogP contribution in [0.15, 0.2) is 35.1 Å². The summed E-state index contributed by atoms with van der Waals surface area (Å²) in [6.45, 7) is 0. The molecule has 2 aromatic rings. The molecular weight excluding hydrogens is 222 g/mol. The monoisotopic (exact) mass is 233 g/mol. The largest absolute Gasteiger partial charge is 0.495 e. The Kier molecular flexibility index (Phi) is 2.95. The zero-order valence-corrected chi connectivity index (χ0v) is 9.14. The minimum Gasteiger partial charge on any atom is -0.495 e. The zero-order valence-electron chi connectivity index (χ0n) is 9.14. The van der Waals surface area contributed by atoms with Crippen molar-refractivity contribution in [2.45, 2.75) is 0 Å². The number of nitrogens with zero attached hydrogens (tertiary/aromatic N) is 1. The van der Waals surface area contributed by atoms with Crippen LogP contribution in [0.3, 0.4) is 0 Å². The lowest BCUT2D eigenvalue weighted by molar-refractivity contribution is 0.101. The van der Waals surface area contributed by atoms with Gasteiger partial charge in [-0.2, -0.15) is 0 Å². The van der Waals surface area contributed by atoms with Crippen LogP contribution >= 0.6 is 0 Å². The van der Waals surface area contributed by atoms with E-state index in [2.05, 4.69) is 15.0 Å². The third kappa shape index (κ3) is 2.36. The summed E-state index contributed by atoms with van der Waals surface area (Å²) >= 11 is 0. The number of hydrogen-bond donors (Lipinski definition) is 2. The number of rotatable bonds is 3. The van der Waals surface area contributed by atoms with Gasteiger partial charge >= 0.3 is 0 Å². The van der Waals surface area contributed by atoms with Crippen LogP contribution in [-0.4, -0.2) is 18.2 Å². The van der Waals surface area contributed by atoms with Crippen molar-refractivity contribution in [2.75, 3.05) is 18.2 Å². The second-order valence-electron chi connectivity index (χ2n) is 3.30. The lowest BCUT2D eigenvalue weighted by Gasteiger charge is -2.07. The molecule has 0 aliphatic rings. The van der Waals surface area contributed by atoms with E-state index in [1.54, 1.807) is 18.2 Å². The van der Waals surface area contributed by atoms with Crippen molar-refractivity contribution >= 4 is 17.3 Å². The highest BCUT2D eigenvalue weighted by molar-refractivity contribution is 6.02. The molecule has 0 atom stereocenters. The van der Waals surface area contributed by atoms with E-state index in [4.69, 9.17) is 10.5 Å². The Morgan fingerprint density at radius 2 is 2.29 bits per heavy atom. The van der Waals surface area contributed by atoms with Crippen LogP contribution in [0.5, 0.6) is 5.75 Å². The number of ether oxygens (including phenoxy) is 1. The summed E-state index contributed by atoms with van der Waals surface area (Å²) in [5.74, 6) is 0.147. The lowest BCUT2D eigenvalue weighted by atomic mass is 10.2. The van der Waals surface area contributed by atoms with Gasteiger partial charge in [-0.05, 0) is 12.1 Å². The van der Waals surface area contributed by atoms with Gasteiger partial charge in [-0.1, -0.05) is 5.16 Å². The smallest absolute Gasteiger partial charge is 0.277 e. The Morgan fingerprint density at radius 3 is 2.94 bits per heavy atom. The fourth-order valence-electron chi connectivity index (χ4n) is 1.31. The van der Waals surface area contributed by atoms with Gasteiger partial charge in [0.1, 0.15) is 12.0 Å². The normalized spacial score (nSPS) is 9.94. The van der Waals surface area contributed by atoms with Crippen LogP contribution in [0.2, 0.25) is 0 Å². The maximum atomic E-state index is 11.7. The first-order valence-electron chi connectivity index (χ1n) is 4.86. The standard InChI is InChI=1S/C11H11N3O3/c1-16-10-6-7(2-3-8(10)12)13-11(15)9-4-5-17-14-9/h2-6H,12H2,1H3,(H,13,15). The number of benzene rings is 1. The molecule has 0 saturated carbocycles. The van der Waals surface area contributed by atoms with Gasteiger partial charge in [0.2, 0.25) is 0 Å². The average Bonchev–Trinajstić information content (AvgIpc) is 2.85. The summed E-state index contributed by atoms with van der Waals surface area (Å²) in [7, 11) is 1.51. The molecule has 1 aromatic carbocycles. The van der Waals surface area contributed by atoms with Crippen LogP contribution in [0, 0.1) is 0 Å². The summed E-state index contributed by atoms with van der Waals surface area (Å²) in [4.78, 5) is 11.7. The van der Waals surface area contributed by atoms with Crippen molar-refractivity contribution in [1.29, 1.82) is 0 Å². The second-order valence-corrected chi connectivity index (χ2v) is 3.30. The number of hydrogen-bond acceptors (Lipinski definition) is 5. The first-order valence-corrected chi connectivity index (χ1v) is 4.86. The van der Waals surface area contributed by atoms with Crippen molar-refractivity contribution < 1.29 is 14.1 Å². The summed E-state index contributed by atoms with van der Waals surface area (Å²) in [5.41, 5.74) is 6.95.